The summed E-state index contributed by atoms with van der Waals surface area (Å²) < 4.78 is 0. The molecule has 0 amide bonds. The number of aliphatic hydroxyl groups excluding tert-OH is 1. The molecule has 1 atom stereocenters. The predicted molar refractivity (Wildman–Crippen MR) is 40.7 cm³/mol. The van der Waals surface area contributed by atoms with E-state index < -0.39 is 0 Å². The highest BCUT2D eigenvalue weighted by Crippen LogP contribution is 2.55. The fraction of sp³-hybridized carbons (Fsp3) is 1.00. The Kier molecular flexibility index (Phi) is 1.31. The average Bonchev–Trinajstić information content (AvgIpc) is 2.45. The van der Waals surface area contributed by atoms with Gasteiger partial charge in [0, 0.05) is 0 Å². The van der Waals surface area contributed by atoms with Crippen molar-refractivity contribution in [1.29, 1.82) is 0 Å². The summed E-state index contributed by atoms with van der Waals surface area (Å²) >= 11 is 0. The second-order valence-corrected chi connectivity index (χ2v) is 4.19. The van der Waals surface area contributed by atoms with Gasteiger partial charge in [-0.05, 0) is 50.4 Å². The molecule has 2 aliphatic rings. The number of fused-ring (bicyclic) bond motifs is 2. The summed E-state index contributed by atoms with van der Waals surface area (Å²) in [6.45, 7) is 1.97. The second-order valence-electron chi connectivity index (χ2n) is 4.19. The Hall–Kier alpha value is -0.0400. The Labute approximate surface area is 62.4 Å². The highest BCUT2D eigenvalue weighted by Gasteiger charge is 2.47. The summed E-state index contributed by atoms with van der Waals surface area (Å²) in [4.78, 5) is 0. The van der Waals surface area contributed by atoms with Gasteiger partial charge in [0.15, 0.2) is 0 Å². The minimum absolute atomic E-state index is 0.0556. The lowest BCUT2D eigenvalue weighted by molar-refractivity contribution is 0.0462. The van der Waals surface area contributed by atoms with Crippen LogP contribution in [0.15, 0.2) is 0 Å². The van der Waals surface area contributed by atoms with Gasteiger partial charge in [0.05, 0.1) is 6.10 Å². The molecule has 1 heteroatoms. The molecule has 10 heavy (non-hydrogen) atoms. The Morgan fingerprint density at radius 2 is 2.00 bits per heavy atom. The highest BCUT2D eigenvalue weighted by atomic mass is 16.3. The molecule has 2 fully saturated rings. The number of aliphatic hydroxyl groups is 1. The molecule has 0 aliphatic heterocycles. The van der Waals surface area contributed by atoms with Gasteiger partial charge in [-0.25, -0.2) is 0 Å². The van der Waals surface area contributed by atoms with Crippen molar-refractivity contribution in [3.63, 3.8) is 0 Å². The molecule has 0 heterocycles. The van der Waals surface area contributed by atoms with E-state index in [1.54, 1.807) is 0 Å². The van der Waals surface area contributed by atoms with Crippen LogP contribution in [0.3, 0.4) is 0 Å². The highest BCUT2D eigenvalue weighted by molar-refractivity contribution is 4.98. The summed E-state index contributed by atoms with van der Waals surface area (Å²) in [5, 5.41) is 9.53. The zero-order valence-corrected chi connectivity index (χ0v) is 6.64. The minimum Gasteiger partial charge on any atom is -0.393 e. The maximum atomic E-state index is 9.53. The quantitative estimate of drug-likeness (QED) is 0.590. The molecule has 58 valence electrons. The van der Waals surface area contributed by atoms with Gasteiger partial charge in [0.25, 0.3) is 0 Å². The molecule has 2 aliphatic carbocycles. The van der Waals surface area contributed by atoms with Crippen molar-refractivity contribution in [2.24, 2.45) is 11.3 Å². The van der Waals surface area contributed by atoms with E-state index in [0.29, 0.717) is 5.41 Å². The van der Waals surface area contributed by atoms with E-state index >= 15 is 0 Å². The molecule has 2 bridgehead atoms. The zero-order valence-electron chi connectivity index (χ0n) is 6.64. The van der Waals surface area contributed by atoms with E-state index in [-0.39, 0.29) is 6.10 Å². The molecule has 0 spiro atoms. The van der Waals surface area contributed by atoms with Crippen LogP contribution in [0.4, 0.5) is 0 Å². The largest absolute Gasteiger partial charge is 0.393 e. The predicted octanol–water partition coefficient (Wildman–Crippen LogP) is 1.95. The molecule has 2 saturated carbocycles. The maximum Gasteiger partial charge on any atom is 0.0568 e. The molecular formula is C9H16O. The molecule has 0 aromatic rings. The maximum absolute atomic E-state index is 9.53. The molecule has 1 nitrogen and oxygen atoms in total. The standard InChI is InChI=1S/C9H16O/c1-7(10)9-4-2-8(6-9)3-5-9/h7-8,10H,2-6H2,1H3/t7-,8?,9?/m0/s1. The molecule has 0 radical (unpaired) electrons. The van der Waals surface area contributed by atoms with E-state index in [1.807, 2.05) is 6.92 Å². The third kappa shape index (κ3) is 0.731. The SMILES string of the molecule is C[C@H](O)C12CCC(CC1)C2. The lowest BCUT2D eigenvalue weighted by Crippen LogP contribution is -2.27. The smallest absolute Gasteiger partial charge is 0.0568 e. The molecule has 0 aromatic heterocycles. The first-order valence-corrected chi connectivity index (χ1v) is 4.41. The lowest BCUT2D eigenvalue weighted by Gasteiger charge is -2.29. The average molecular weight is 140 g/mol. The van der Waals surface area contributed by atoms with Crippen molar-refractivity contribution in [2.45, 2.75) is 45.1 Å². The van der Waals surface area contributed by atoms with Gasteiger partial charge in [-0.2, -0.15) is 0 Å². The summed E-state index contributed by atoms with van der Waals surface area (Å²) in [5.41, 5.74) is 0.366. The van der Waals surface area contributed by atoms with Crippen LogP contribution in [0.2, 0.25) is 0 Å². The normalized spacial score (nSPS) is 48.0. The van der Waals surface area contributed by atoms with Crippen molar-refractivity contribution in [2.75, 3.05) is 0 Å². The molecule has 0 unspecified atom stereocenters. The first-order chi connectivity index (χ1) is 4.73. The van der Waals surface area contributed by atoms with E-state index in [4.69, 9.17) is 0 Å². The number of rotatable bonds is 1. The van der Waals surface area contributed by atoms with Gasteiger partial charge in [-0.1, -0.05) is 0 Å². The summed E-state index contributed by atoms with van der Waals surface area (Å²) in [7, 11) is 0. The van der Waals surface area contributed by atoms with E-state index in [2.05, 4.69) is 0 Å². The van der Waals surface area contributed by atoms with Crippen LogP contribution in [0, 0.1) is 11.3 Å². The summed E-state index contributed by atoms with van der Waals surface area (Å²) in [5.74, 6) is 0.967. The summed E-state index contributed by atoms with van der Waals surface area (Å²) in [6.07, 6.45) is 6.59. The van der Waals surface area contributed by atoms with Crippen molar-refractivity contribution < 1.29 is 5.11 Å². The Bertz CT molecular complexity index is 132. The molecular weight excluding hydrogens is 124 g/mol. The first-order valence-electron chi connectivity index (χ1n) is 4.41. The fourth-order valence-electron chi connectivity index (χ4n) is 2.82. The van der Waals surface area contributed by atoms with Crippen LogP contribution in [-0.4, -0.2) is 11.2 Å². The van der Waals surface area contributed by atoms with Crippen LogP contribution in [0.5, 0.6) is 0 Å². The van der Waals surface area contributed by atoms with Gasteiger partial charge < -0.3 is 5.11 Å². The summed E-state index contributed by atoms with van der Waals surface area (Å²) in [6, 6.07) is 0. The van der Waals surface area contributed by atoms with Crippen LogP contribution in [-0.2, 0) is 0 Å². The Morgan fingerprint density at radius 3 is 2.20 bits per heavy atom. The van der Waals surface area contributed by atoms with E-state index in [1.165, 1.54) is 32.1 Å². The van der Waals surface area contributed by atoms with Crippen molar-refractivity contribution in [3.8, 4) is 0 Å². The second kappa shape index (κ2) is 1.97. The molecule has 2 rings (SSSR count). The molecule has 0 saturated heterocycles. The zero-order chi connectivity index (χ0) is 7.19. The van der Waals surface area contributed by atoms with Gasteiger partial charge in [0.2, 0.25) is 0 Å². The van der Waals surface area contributed by atoms with Gasteiger partial charge in [-0.3, -0.25) is 0 Å². The number of hydrogen-bond acceptors (Lipinski definition) is 1. The third-order valence-corrected chi connectivity index (χ3v) is 3.68. The topological polar surface area (TPSA) is 20.2 Å². The van der Waals surface area contributed by atoms with E-state index in [0.717, 1.165) is 5.92 Å². The van der Waals surface area contributed by atoms with E-state index in [9.17, 15) is 5.11 Å². The van der Waals surface area contributed by atoms with Crippen molar-refractivity contribution >= 4 is 0 Å². The van der Waals surface area contributed by atoms with Crippen LogP contribution in [0.1, 0.15) is 39.0 Å². The molecule has 1 N–H and O–H groups in total. The van der Waals surface area contributed by atoms with Crippen molar-refractivity contribution in [3.05, 3.63) is 0 Å². The fourth-order valence-corrected chi connectivity index (χ4v) is 2.82. The first kappa shape index (κ1) is 6.66. The van der Waals surface area contributed by atoms with Crippen LogP contribution in [0.25, 0.3) is 0 Å². The number of hydrogen-bond donors (Lipinski definition) is 1. The van der Waals surface area contributed by atoms with Gasteiger partial charge >= 0.3 is 0 Å². The monoisotopic (exact) mass is 140 g/mol. The Balaban J connectivity index is 2.15. The van der Waals surface area contributed by atoms with Crippen LogP contribution < -0.4 is 0 Å². The van der Waals surface area contributed by atoms with Gasteiger partial charge in [0.1, 0.15) is 0 Å². The third-order valence-electron chi connectivity index (χ3n) is 3.68. The molecule has 0 aromatic carbocycles. The van der Waals surface area contributed by atoms with Crippen LogP contribution >= 0.6 is 0 Å². The van der Waals surface area contributed by atoms with Gasteiger partial charge in [-0.15, -0.1) is 0 Å². The Morgan fingerprint density at radius 1 is 1.40 bits per heavy atom. The van der Waals surface area contributed by atoms with Crippen molar-refractivity contribution in [1.82, 2.24) is 0 Å². The minimum atomic E-state index is -0.0556. The lowest BCUT2D eigenvalue weighted by atomic mass is 9.80.